The SMILES string of the molecule is C=C(C(=O)O)C(CC1CCCCC1)(CC1CCCCC1)C(=O)O. The fraction of sp³-hybridized carbons (Fsp3) is 0.789. The van der Waals surface area contributed by atoms with Crippen molar-refractivity contribution in [3.05, 3.63) is 12.2 Å². The second-order valence-corrected chi connectivity index (χ2v) is 7.59. The van der Waals surface area contributed by atoms with Crippen LogP contribution in [0.2, 0.25) is 0 Å². The highest BCUT2D eigenvalue weighted by Gasteiger charge is 2.47. The van der Waals surface area contributed by atoms with E-state index in [2.05, 4.69) is 6.58 Å². The Morgan fingerprint density at radius 1 is 0.826 bits per heavy atom. The number of aliphatic carboxylic acids is 2. The number of carboxylic acid groups (broad SMARTS) is 2. The van der Waals surface area contributed by atoms with Gasteiger partial charge in [0.15, 0.2) is 0 Å². The largest absolute Gasteiger partial charge is 0.481 e. The molecule has 0 unspecified atom stereocenters. The molecule has 0 aromatic carbocycles. The molecule has 2 fully saturated rings. The average molecular weight is 322 g/mol. The summed E-state index contributed by atoms with van der Waals surface area (Å²) in [7, 11) is 0. The van der Waals surface area contributed by atoms with Gasteiger partial charge in [-0.2, -0.15) is 0 Å². The van der Waals surface area contributed by atoms with E-state index >= 15 is 0 Å². The van der Waals surface area contributed by atoms with Crippen molar-refractivity contribution in [3.63, 3.8) is 0 Å². The van der Waals surface area contributed by atoms with E-state index in [4.69, 9.17) is 0 Å². The number of carboxylic acids is 2. The van der Waals surface area contributed by atoms with Crippen molar-refractivity contribution in [2.24, 2.45) is 17.3 Å². The molecule has 2 saturated carbocycles. The van der Waals surface area contributed by atoms with Crippen molar-refractivity contribution in [1.29, 1.82) is 0 Å². The van der Waals surface area contributed by atoms with Crippen molar-refractivity contribution >= 4 is 11.9 Å². The van der Waals surface area contributed by atoms with E-state index in [-0.39, 0.29) is 5.57 Å². The Morgan fingerprint density at radius 2 is 1.22 bits per heavy atom. The predicted octanol–water partition coefficient (Wildman–Crippen LogP) is 4.64. The van der Waals surface area contributed by atoms with Gasteiger partial charge in [-0.05, 0) is 24.7 Å². The van der Waals surface area contributed by atoms with Crippen LogP contribution in [-0.2, 0) is 9.59 Å². The van der Waals surface area contributed by atoms with Crippen LogP contribution < -0.4 is 0 Å². The molecule has 4 heteroatoms. The molecular formula is C19H30O4. The number of hydrogen-bond acceptors (Lipinski definition) is 2. The van der Waals surface area contributed by atoms with Crippen molar-refractivity contribution in [2.45, 2.75) is 77.0 Å². The molecule has 0 aromatic rings. The molecule has 0 heterocycles. The van der Waals surface area contributed by atoms with Gasteiger partial charge >= 0.3 is 11.9 Å². The summed E-state index contributed by atoms with van der Waals surface area (Å²) < 4.78 is 0. The molecule has 2 aliphatic carbocycles. The van der Waals surface area contributed by atoms with Gasteiger partial charge in [0, 0.05) is 5.57 Å². The van der Waals surface area contributed by atoms with Gasteiger partial charge < -0.3 is 10.2 Å². The van der Waals surface area contributed by atoms with E-state index in [1.165, 1.54) is 12.8 Å². The second kappa shape index (κ2) is 7.98. The average Bonchev–Trinajstić information content (AvgIpc) is 2.55. The zero-order valence-corrected chi connectivity index (χ0v) is 14.1. The first-order valence-electron chi connectivity index (χ1n) is 9.12. The third kappa shape index (κ3) is 4.36. The summed E-state index contributed by atoms with van der Waals surface area (Å²) >= 11 is 0. The topological polar surface area (TPSA) is 74.6 Å². The molecule has 130 valence electrons. The number of hydrogen-bond donors (Lipinski definition) is 2. The Kier molecular flexibility index (Phi) is 6.25. The lowest BCUT2D eigenvalue weighted by molar-refractivity contribution is -0.152. The highest BCUT2D eigenvalue weighted by atomic mass is 16.4. The van der Waals surface area contributed by atoms with Crippen molar-refractivity contribution < 1.29 is 19.8 Å². The summed E-state index contributed by atoms with van der Waals surface area (Å²) in [5, 5.41) is 19.4. The highest BCUT2D eigenvalue weighted by Crippen LogP contribution is 2.46. The Balaban J connectivity index is 2.23. The van der Waals surface area contributed by atoms with Crippen LogP contribution in [-0.4, -0.2) is 22.2 Å². The lowest BCUT2D eigenvalue weighted by atomic mass is 9.65. The summed E-state index contributed by atoms with van der Waals surface area (Å²) in [6, 6.07) is 0. The number of rotatable bonds is 7. The first-order chi connectivity index (χ1) is 11.0. The van der Waals surface area contributed by atoms with E-state index in [1.807, 2.05) is 0 Å². The van der Waals surface area contributed by atoms with E-state index in [1.54, 1.807) is 0 Å². The fourth-order valence-electron chi connectivity index (χ4n) is 4.61. The van der Waals surface area contributed by atoms with Crippen LogP contribution in [0.5, 0.6) is 0 Å². The molecule has 0 bridgehead atoms. The standard InChI is InChI=1S/C19H30O4/c1-14(17(20)21)19(18(22)23,12-15-8-4-2-5-9-15)13-16-10-6-3-7-11-16/h15-16H,1-13H2,(H,20,21)(H,22,23). The minimum Gasteiger partial charge on any atom is -0.481 e. The monoisotopic (exact) mass is 322 g/mol. The van der Waals surface area contributed by atoms with Crippen LogP contribution in [0, 0.1) is 17.3 Å². The van der Waals surface area contributed by atoms with Crippen LogP contribution in [0.15, 0.2) is 12.2 Å². The van der Waals surface area contributed by atoms with E-state index in [0.717, 1.165) is 51.4 Å². The maximum atomic E-state index is 12.2. The zero-order chi connectivity index (χ0) is 16.9. The van der Waals surface area contributed by atoms with Gasteiger partial charge in [0.25, 0.3) is 0 Å². The lowest BCUT2D eigenvalue weighted by Gasteiger charge is -2.38. The third-order valence-electron chi connectivity index (χ3n) is 5.97. The van der Waals surface area contributed by atoms with E-state index < -0.39 is 17.4 Å². The van der Waals surface area contributed by atoms with Gasteiger partial charge in [-0.25, -0.2) is 4.79 Å². The first-order valence-corrected chi connectivity index (χ1v) is 9.12. The fourth-order valence-corrected chi connectivity index (χ4v) is 4.61. The maximum absolute atomic E-state index is 12.2. The molecule has 0 radical (unpaired) electrons. The van der Waals surface area contributed by atoms with Crippen molar-refractivity contribution in [1.82, 2.24) is 0 Å². The van der Waals surface area contributed by atoms with Crippen LogP contribution in [0.1, 0.15) is 77.0 Å². The Morgan fingerprint density at radius 3 is 1.52 bits per heavy atom. The van der Waals surface area contributed by atoms with E-state index in [9.17, 15) is 19.8 Å². The Labute approximate surface area is 139 Å². The van der Waals surface area contributed by atoms with Gasteiger partial charge in [-0.15, -0.1) is 0 Å². The maximum Gasteiger partial charge on any atom is 0.332 e. The molecule has 0 atom stereocenters. The molecule has 0 amide bonds. The van der Waals surface area contributed by atoms with Gasteiger partial charge in [0.2, 0.25) is 0 Å². The summed E-state index contributed by atoms with van der Waals surface area (Å²) in [5.74, 6) is -1.50. The lowest BCUT2D eigenvalue weighted by Crippen LogP contribution is -2.40. The highest BCUT2D eigenvalue weighted by molar-refractivity contribution is 5.96. The summed E-state index contributed by atoms with van der Waals surface area (Å²) in [4.78, 5) is 23.8. The third-order valence-corrected chi connectivity index (χ3v) is 5.97. The molecule has 2 rings (SSSR count). The molecule has 0 spiro atoms. The second-order valence-electron chi connectivity index (χ2n) is 7.59. The quantitative estimate of drug-likeness (QED) is 0.670. The molecule has 0 saturated heterocycles. The predicted molar refractivity (Wildman–Crippen MR) is 89.2 cm³/mol. The van der Waals surface area contributed by atoms with Crippen LogP contribution in [0.4, 0.5) is 0 Å². The van der Waals surface area contributed by atoms with E-state index in [0.29, 0.717) is 24.7 Å². The van der Waals surface area contributed by atoms with Crippen LogP contribution in [0.25, 0.3) is 0 Å². The molecule has 2 N–H and O–H groups in total. The normalized spacial score (nSPS) is 21.0. The molecule has 4 nitrogen and oxygen atoms in total. The Bertz CT molecular complexity index is 422. The van der Waals surface area contributed by atoms with Gasteiger partial charge in [0.05, 0.1) is 5.41 Å². The van der Waals surface area contributed by atoms with Gasteiger partial charge in [0.1, 0.15) is 0 Å². The Hall–Kier alpha value is -1.32. The molecule has 0 aliphatic heterocycles. The number of carbonyl (C=O) groups is 2. The zero-order valence-electron chi connectivity index (χ0n) is 14.1. The van der Waals surface area contributed by atoms with Gasteiger partial charge in [-0.3, -0.25) is 4.79 Å². The van der Waals surface area contributed by atoms with Crippen molar-refractivity contribution in [3.8, 4) is 0 Å². The first kappa shape index (κ1) is 18.0. The van der Waals surface area contributed by atoms with Crippen molar-refractivity contribution in [2.75, 3.05) is 0 Å². The van der Waals surface area contributed by atoms with Gasteiger partial charge in [-0.1, -0.05) is 70.8 Å². The molecule has 0 aromatic heterocycles. The molecule has 2 aliphatic rings. The summed E-state index contributed by atoms with van der Waals surface area (Å²) in [6.45, 7) is 3.70. The minimum atomic E-state index is -1.28. The smallest absolute Gasteiger partial charge is 0.332 e. The molecular weight excluding hydrogens is 292 g/mol. The molecule has 23 heavy (non-hydrogen) atoms. The summed E-state index contributed by atoms with van der Waals surface area (Å²) in [5.41, 5.74) is -1.39. The van der Waals surface area contributed by atoms with Crippen LogP contribution >= 0.6 is 0 Å². The van der Waals surface area contributed by atoms with Crippen LogP contribution in [0.3, 0.4) is 0 Å². The minimum absolute atomic E-state index is 0.110. The summed E-state index contributed by atoms with van der Waals surface area (Å²) in [6.07, 6.45) is 11.9.